The summed E-state index contributed by atoms with van der Waals surface area (Å²) in [7, 11) is 0. The Kier molecular flexibility index (Phi) is 5.02. The Bertz CT molecular complexity index is 335. The number of benzene rings is 1. The molecular weight excluding hydrogens is 332 g/mol. The second kappa shape index (κ2) is 5.65. The zero-order valence-corrected chi connectivity index (χ0v) is 13.1. The van der Waals surface area contributed by atoms with Crippen molar-refractivity contribution in [3.05, 3.63) is 32.7 Å². The summed E-state index contributed by atoms with van der Waals surface area (Å²) in [4.78, 5) is 0. The first-order chi connectivity index (χ1) is 7.28. The van der Waals surface area contributed by atoms with Crippen LogP contribution in [-0.2, 0) is 0 Å². The minimum Gasteiger partial charge on any atom is -0.388 e. The van der Waals surface area contributed by atoms with E-state index in [1.807, 2.05) is 18.2 Å². The molecule has 0 fully saturated rings. The zero-order chi connectivity index (χ0) is 12.3. The molecule has 1 aromatic rings. The summed E-state index contributed by atoms with van der Waals surface area (Å²) >= 11 is 6.86. The summed E-state index contributed by atoms with van der Waals surface area (Å²) in [5, 5.41) is 10.1. The lowest BCUT2D eigenvalue weighted by Crippen LogP contribution is -2.08. The van der Waals surface area contributed by atoms with E-state index in [2.05, 4.69) is 52.6 Å². The second-order valence-corrected chi connectivity index (χ2v) is 7.15. The molecule has 1 atom stereocenters. The van der Waals surface area contributed by atoms with Crippen LogP contribution in [-0.4, -0.2) is 5.11 Å². The van der Waals surface area contributed by atoms with Crippen LogP contribution in [0.1, 0.15) is 45.3 Å². The molecule has 0 bridgehead atoms. The Balaban J connectivity index is 2.69. The summed E-state index contributed by atoms with van der Waals surface area (Å²) in [5.74, 6) is 0. The number of hydrogen-bond donors (Lipinski definition) is 1. The van der Waals surface area contributed by atoms with Crippen molar-refractivity contribution in [2.24, 2.45) is 5.41 Å². The zero-order valence-electron chi connectivity index (χ0n) is 9.93. The van der Waals surface area contributed by atoms with Gasteiger partial charge >= 0.3 is 0 Å². The van der Waals surface area contributed by atoms with Gasteiger partial charge in [-0.15, -0.1) is 0 Å². The fraction of sp³-hybridized carbons (Fsp3) is 0.538. The molecule has 0 heterocycles. The monoisotopic (exact) mass is 348 g/mol. The van der Waals surface area contributed by atoms with E-state index in [1.54, 1.807) is 0 Å². The van der Waals surface area contributed by atoms with Crippen LogP contribution >= 0.6 is 31.9 Å². The molecule has 1 N–H and O–H groups in total. The maximum absolute atomic E-state index is 10.1. The first-order valence-corrected chi connectivity index (χ1v) is 7.00. The average Bonchev–Trinajstić information content (AvgIpc) is 2.11. The maximum atomic E-state index is 10.1. The first-order valence-electron chi connectivity index (χ1n) is 5.42. The normalized spacial score (nSPS) is 13.9. The van der Waals surface area contributed by atoms with E-state index < -0.39 is 0 Å². The average molecular weight is 350 g/mol. The third-order valence-corrected chi connectivity index (χ3v) is 3.35. The fourth-order valence-electron chi connectivity index (χ4n) is 1.50. The largest absolute Gasteiger partial charge is 0.388 e. The Morgan fingerprint density at radius 3 is 2.06 bits per heavy atom. The highest BCUT2D eigenvalue weighted by atomic mass is 79.9. The van der Waals surface area contributed by atoms with E-state index in [0.717, 1.165) is 27.4 Å². The summed E-state index contributed by atoms with van der Waals surface area (Å²) in [5.41, 5.74) is 1.23. The molecule has 1 aromatic carbocycles. The molecule has 1 nitrogen and oxygen atoms in total. The van der Waals surface area contributed by atoms with Gasteiger partial charge in [0.05, 0.1) is 6.10 Å². The highest BCUT2D eigenvalue weighted by molar-refractivity contribution is 9.11. The highest BCUT2D eigenvalue weighted by Gasteiger charge is 2.15. The highest BCUT2D eigenvalue weighted by Crippen LogP contribution is 2.30. The number of aliphatic hydroxyl groups is 1. The Hall–Kier alpha value is 0.140. The van der Waals surface area contributed by atoms with Crippen molar-refractivity contribution >= 4 is 31.9 Å². The van der Waals surface area contributed by atoms with E-state index in [0.29, 0.717) is 0 Å². The van der Waals surface area contributed by atoms with Crippen LogP contribution in [0, 0.1) is 5.41 Å². The van der Waals surface area contributed by atoms with E-state index in [4.69, 9.17) is 0 Å². The molecule has 1 unspecified atom stereocenters. The quantitative estimate of drug-likeness (QED) is 0.807. The standard InChI is InChI=1S/C13H18Br2O/c1-13(2,3)5-4-12(16)9-6-10(14)8-11(15)7-9/h6-8,12,16H,4-5H2,1-3H3. The lowest BCUT2D eigenvalue weighted by atomic mass is 9.88. The van der Waals surface area contributed by atoms with Crippen LogP contribution in [0.25, 0.3) is 0 Å². The van der Waals surface area contributed by atoms with Crippen molar-refractivity contribution in [1.82, 2.24) is 0 Å². The molecule has 0 aromatic heterocycles. The van der Waals surface area contributed by atoms with E-state index in [1.165, 1.54) is 0 Å². The van der Waals surface area contributed by atoms with Gasteiger partial charge in [0.25, 0.3) is 0 Å². The second-order valence-electron chi connectivity index (χ2n) is 5.32. The van der Waals surface area contributed by atoms with Crippen LogP contribution < -0.4 is 0 Å². The van der Waals surface area contributed by atoms with Gasteiger partial charge in [0.2, 0.25) is 0 Å². The molecule has 0 saturated heterocycles. The molecule has 0 spiro atoms. The van der Waals surface area contributed by atoms with Gasteiger partial charge in [0, 0.05) is 8.95 Å². The van der Waals surface area contributed by atoms with E-state index >= 15 is 0 Å². The van der Waals surface area contributed by atoms with Gasteiger partial charge in [-0.25, -0.2) is 0 Å². The van der Waals surface area contributed by atoms with Gasteiger partial charge in [-0.1, -0.05) is 52.6 Å². The van der Waals surface area contributed by atoms with Crippen LogP contribution in [0.5, 0.6) is 0 Å². The van der Waals surface area contributed by atoms with Gasteiger partial charge in [-0.05, 0) is 42.0 Å². The molecule has 0 aliphatic carbocycles. The van der Waals surface area contributed by atoms with Crippen molar-refractivity contribution in [3.63, 3.8) is 0 Å². The van der Waals surface area contributed by atoms with Crippen LogP contribution in [0.3, 0.4) is 0 Å². The van der Waals surface area contributed by atoms with E-state index in [-0.39, 0.29) is 11.5 Å². The Morgan fingerprint density at radius 1 is 1.12 bits per heavy atom. The van der Waals surface area contributed by atoms with Crippen LogP contribution in [0.4, 0.5) is 0 Å². The molecule has 0 aliphatic heterocycles. The summed E-state index contributed by atoms with van der Waals surface area (Å²) in [6, 6.07) is 5.91. The molecule has 0 aliphatic rings. The number of aliphatic hydroxyl groups excluding tert-OH is 1. The third-order valence-electron chi connectivity index (χ3n) is 2.44. The van der Waals surface area contributed by atoms with Crippen molar-refractivity contribution < 1.29 is 5.11 Å². The van der Waals surface area contributed by atoms with Gasteiger partial charge in [0.1, 0.15) is 0 Å². The van der Waals surface area contributed by atoms with Crippen molar-refractivity contribution in [2.45, 2.75) is 39.7 Å². The molecule has 0 amide bonds. The van der Waals surface area contributed by atoms with Crippen molar-refractivity contribution in [1.29, 1.82) is 0 Å². The smallest absolute Gasteiger partial charge is 0.0791 e. The fourth-order valence-corrected chi connectivity index (χ4v) is 2.83. The molecule has 0 radical (unpaired) electrons. The van der Waals surface area contributed by atoms with Crippen molar-refractivity contribution in [2.75, 3.05) is 0 Å². The molecule has 1 rings (SSSR count). The number of hydrogen-bond acceptors (Lipinski definition) is 1. The summed E-state index contributed by atoms with van der Waals surface area (Å²) in [6.45, 7) is 6.57. The van der Waals surface area contributed by atoms with Crippen LogP contribution in [0.15, 0.2) is 27.1 Å². The molecular formula is C13H18Br2O. The van der Waals surface area contributed by atoms with Gasteiger partial charge in [-0.3, -0.25) is 0 Å². The summed E-state index contributed by atoms with van der Waals surface area (Å²) < 4.78 is 1.98. The first kappa shape index (κ1) is 14.2. The SMILES string of the molecule is CC(C)(C)CCC(O)c1cc(Br)cc(Br)c1. The maximum Gasteiger partial charge on any atom is 0.0791 e. The molecule has 3 heteroatoms. The van der Waals surface area contributed by atoms with Gasteiger partial charge in [-0.2, -0.15) is 0 Å². The predicted molar refractivity (Wildman–Crippen MR) is 75.5 cm³/mol. The third kappa shape index (κ3) is 4.98. The molecule has 90 valence electrons. The number of halogens is 2. The Morgan fingerprint density at radius 2 is 1.62 bits per heavy atom. The predicted octanol–water partition coefficient (Wildman–Crippen LogP) is 5.07. The lowest BCUT2D eigenvalue weighted by molar-refractivity contribution is 0.147. The minimum absolute atomic E-state index is 0.268. The molecule has 0 saturated carbocycles. The lowest BCUT2D eigenvalue weighted by Gasteiger charge is -2.20. The summed E-state index contributed by atoms with van der Waals surface area (Å²) in [6.07, 6.45) is 1.43. The van der Waals surface area contributed by atoms with Crippen molar-refractivity contribution in [3.8, 4) is 0 Å². The Labute approximate surface area is 115 Å². The molecule has 16 heavy (non-hydrogen) atoms. The van der Waals surface area contributed by atoms with Crippen LogP contribution in [0.2, 0.25) is 0 Å². The topological polar surface area (TPSA) is 20.2 Å². The van der Waals surface area contributed by atoms with E-state index in [9.17, 15) is 5.11 Å². The van der Waals surface area contributed by atoms with Gasteiger partial charge in [0.15, 0.2) is 0 Å². The van der Waals surface area contributed by atoms with Gasteiger partial charge < -0.3 is 5.11 Å². The minimum atomic E-state index is -0.381. The number of rotatable bonds is 3.